The van der Waals surface area contributed by atoms with Crippen LogP contribution in [0.1, 0.15) is 51.0 Å². The Bertz CT molecular complexity index is 349. The van der Waals surface area contributed by atoms with Crippen LogP contribution in [0.3, 0.4) is 0 Å². The van der Waals surface area contributed by atoms with Crippen molar-refractivity contribution in [2.45, 2.75) is 57.9 Å². The van der Waals surface area contributed by atoms with Crippen LogP contribution in [0.5, 0.6) is 0 Å². The number of unbranched alkanes of at least 4 members (excludes halogenated alkanes) is 4. The quantitative estimate of drug-likeness (QED) is 0.408. The largest absolute Gasteiger partial charge is 0.271 e. The molecule has 3 N–H and O–H groups in total. The molecule has 1 unspecified atom stereocenters. The third kappa shape index (κ3) is 5.66. The Morgan fingerprint density at radius 1 is 1.11 bits per heavy atom. The van der Waals surface area contributed by atoms with E-state index in [2.05, 4.69) is 12.3 Å². The van der Waals surface area contributed by atoms with Crippen LogP contribution in [0.15, 0.2) is 18.2 Å². The third-order valence-corrected chi connectivity index (χ3v) is 3.40. The first-order valence-electron chi connectivity index (χ1n) is 7.08. The zero-order chi connectivity index (χ0) is 14.1. The number of hydrogen-bond acceptors (Lipinski definition) is 2. The number of hydrogen-bond donors (Lipinski definition) is 2. The molecular weight excluding hydrogens is 246 g/mol. The van der Waals surface area contributed by atoms with Gasteiger partial charge < -0.3 is 0 Å². The molecule has 1 aromatic rings. The van der Waals surface area contributed by atoms with Gasteiger partial charge in [0.1, 0.15) is 11.6 Å². The van der Waals surface area contributed by atoms with E-state index in [-0.39, 0.29) is 11.6 Å². The highest BCUT2D eigenvalue weighted by atomic mass is 19.1. The van der Waals surface area contributed by atoms with E-state index in [0.29, 0.717) is 6.42 Å². The lowest BCUT2D eigenvalue weighted by atomic mass is 9.99. The maximum Gasteiger partial charge on any atom is 0.129 e. The Morgan fingerprint density at radius 3 is 2.32 bits per heavy atom. The van der Waals surface area contributed by atoms with Crippen molar-refractivity contribution >= 4 is 0 Å². The topological polar surface area (TPSA) is 38.0 Å². The van der Waals surface area contributed by atoms with Gasteiger partial charge in [0.15, 0.2) is 0 Å². The summed E-state index contributed by atoms with van der Waals surface area (Å²) in [5.41, 5.74) is 2.79. The molecule has 4 heteroatoms. The summed E-state index contributed by atoms with van der Waals surface area (Å²) in [6, 6.07) is 3.87. The fraction of sp³-hybridized carbons (Fsp3) is 0.600. The van der Waals surface area contributed by atoms with Crippen LogP contribution in [0.4, 0.5) is 8.78 Å². The van der Waals surface area contributed by atoms with E-state index in [1.54, 1.807) is 0 Å². The molecule has 19 heavy (non-hydrogen) atoms. The first-order valence-corrected chi connectivity index (χ1v) is 7.08. The fourth-order valence-corrected chi connectivity index (χ4v) is 2.21. The SMILES string of the molecule is CCCCCCCC(Cc1c(F)cccc1F)NN. The van der Waals surface area contributed by atoms with Gasteiger partial charge in [0, 0.05) is 11.6 Å². The highest BCUT2D eigenvalue weighted by Crippen LogP contribution is 2.16. The number of halogens is 2. The van der Waals surface area contributed by atoms with Crippen molar-refractivity contribution in [3.8, 4) is 0 Å². The highest BCUT2D eigenvalue weighted by Gasteiger charge is 2.14. The van der Waals surface area contributed by atoms with Gasteiger partial charge in [0.25, 0.3) is 0 Å². The summed E-state index contributed by atoms with van der Waals surface area (Å²) in [6.07, 6.45) is 6.97. The summed E-state index contributed by atoms with van der Waals surface area (Å²) in [5, 5.41) is 0. The minimum atomic E-state index is -0.494. The van der Waals surface area contributed by atoms with Gasteiger partial charge >= 0.3 is 0 Å². The van der Waals surface area contributed by atoms with E-state index in [1.165, 1.54) is 37.5 Å². The fourth-order valence-electron chi connectivity index (χ4n) is 2.21. The van der Waals surface area contributed by atoms with Crippen LogP contribution in [-0.4, -0.2) is 6.04 Å². The standard InChI is InChI=1S/C15H24F2N2/c1-2-3-4-5-6-8-12(19-18)11-13-14(16)9-7-10-15(13)17/h7,9-10,12,19H,2-6,8,11,18H2,1H3. The van der Waals surface area contributed by atoms with Gasteiger partial charge in [-0.25, -0.2) is 8.78 Å². The van der Waals surface area contributed by atoms with Crippen LogP contribution in [0, 0.1) is 11.6 Å². The van der Waals surface area contributed by atoms with Crippen LogP contribution in [0.2, 0.25) is 0 Å². The lowest BCUT2D eigenvalue weighted by Crippen LogP contribution is -2.37. The number of nitrogens with two attached hydrogens (primary N) is 1. The normalized spacial score (nSPS) is 12.6. The monoisotopic (exact) mass is 270 g/mol. The van der Waals surface area contributed by atoms with E-state index in [1.807, 2.05) is 0 Å². The summed E-state index contributed by atoms with van der Waals surface area (Å²) >= 11 is 0. The summed E-state index contributed by atoms with van der Waals surface area (Å²) in [7, 11) is 0. The Hall–Kier alpha value is -1.00. The molecule has 1 aromatic carbocycles. The third-order valence-electron chi connectivity index (χ3n) is 3.40. The molecule has 0 radical (unpaired) electrons. The number of nitrogens with one attached hydrogen (secondary N) is 1. The molecule has 0 amide bonds. The molecule has 0 aliphatic rings. The number of benzene rings is 1. The van der Waals surface area contributed by atoms with Gasteiger partial charge in [0.2, 0.25) is 0 Å². The zero-order valence-corrected chi connectivity index (χ0v) is 11.6. The highest BCUT2D eigenvalue weighted by molar-refractivity contribution is 5.20. The summed E-state index contributed by atoms with van der Waals surface area (Å²) in [5.74, 6) is 4.48. The molecule has 0 heterocycles. The first-order chi connectivity index (χ1) is 9.19. The van der Waals surface area contributed by atoms with Crippen LogP contribution >= 0.6 is 0 Å². The second-order valence-corrected chi connectivity index (χ2v) is 4.97. The van der Waals surface area contributed by atoms with Gasteiger partial charge in [0.05, 0.1) is 0 Å². The van der Waals surface area contributed by atoms with Crippen molar-refractivity contribution in [1.82, 2.24) is 5.43 Å². The Morgan fingerprint density at radius 2 is 1.74 bits per heavy atom. The summed E-state index contributed by atoms with van der Waals surface area (Å²) < 4.78 is 27.1. The van der Waals surface area contributed by atoms with E-state index in [4.69, 9.17) is 5.84 Å². The molecule has 0 saturated heterocycles. The van der Waals surface area contributed by atoms with Crippen molar-refractivity contribution in [2.75, 3.05) is 0 Å². The molecule has 0 saturated carbocycles. The molecule has 0 aliphatic carbocycles. The average molecular weight is 270 g/mol. The second kappa shape index (κ2) is 8.99. The smallest absolute Gasteiger partial charge is 0.129 e. The summed E-state index contributed by atoms with van der Waals surface area (Å²) in [6.45, 7) is 2.17. The van der Waals surface area contributed by atoms with Gasteiger partial charge in [-0.3, -0.25) is 11.3 Å². The minimum absolute atomic E-state index is 0.0759. The maximum atomic E-state index is 13.5. The first kappa shape index (κ1) is 16.1. The lowest BCUT2D eigenvalue weighted by molar-refractivity contribution is 0.443. The predicted molar refractivity (Wildman–Crippen MR) is 74.5 cm³/mol. The van der Waals surface area contributed by atoms with Crippen LogP contribution in [0.25, 0.3) is 0 Å². The number of rotatable bonds is 9. The molecule has 0 fully saturated rings. The van der Waals surface area contributed by atoms with Crippen LogP contribution in [-0.2, 0) is 6.42 Å². The second-order valence-electron chi connectivity index (χ2n) is 4.97. The molecule has 2 nitrogen and oxygen atoms in total. The van der Waals surface area contributed by atoms with Crippen molar-refractivity contribution in [3.05, 3.63) is 35.4 Å². The molecule has 0 spiro atoms. The molecule has 0 bridgehead atoms. The average Bonchev–Trinajstić information content (AvgIpc) is 2.40. The summed E-state index contributed by atoms with van der Waals surface area (Å²) in [4.78, 5) is 0. The van der Waals surface area contributed by atoms with E-state index in [9.17, 15) is 8.78 Å². The molecule has 0 aromatic heterocycles. The minimum Gasteiger partial charge on any atom is -0.271 e. The van der Waals surface area contributed by atoms with Crippen molar-refractivity contribution in [3.63, 3.8) is 0 Å². The molecule has 108 valence electrons. The molecule has 1 atom stereocenters. The van der Waals surface area contributed by atoms with E-state index in [0.717, 1.165) is 19.3 Å². The van der Waals surface area contributed by atoms with Gasteiger partial charge in [-0.1, -0.05) is 45.1 Å². The van der Waals surface area contributed by atoms with Gasteiger partial charge in [-0.05, 0) is 25.0 Å². The van der Waals surface area contributed by atoms with E-state index >= 15 is 0 Å². The lowest BCUT2D eigenvalue weighted by Gasteiger charge is -2.16. The van der Waals surface area contributed by atoms with Crippen molar-refractivity contribution in [2.24, 2.45) is 5.84 Å². The van der Waals surface area contributed by atoms with Crippen molar-refractivity contribution < 1.29 is 8.78 Å². The maximum absolute atomic E-state index is 13.5. The molecule has 1 rings (SSSR count). The zero-order valence-electron chi connectivity index (χ0n) is 11.6. The Balaban J connectivity index is 2.43. The molecule has 0 aliphatic heterocycles. The Labute approximate surface area is 114 Å². The van der Waals surface area contributed by atoms with Gasteiger partial charge in [-0.15, -0.1) is 0 Å². The molecular formula is C15H24F2N2. The van der Waals surface area contributed by atoms with Crippen molar-refractivity contribution in [1.29, 1.82) is 0 Å². The van der Waals surface area contributed by atoms with Gasteiger partial charge in [-0.2, -0.15) is 0 Å². The van der Waals surface area contributed by atoms with E-state index < -0.39 is 11.6 Å². The number of hydrazine groups is 1. The Kier molecular flexibility index (Phi) is 7.60. The van der Waals surface area contributed by atoms with Crippen LogP contribution < -0.4 is 11.3 Å². The predicted octanol–water partition coefficient (Wildman–Crippen LogP) is 3.70.